The molecule has 4 heteroatoms. The summed E-state index contributed by atoms with van der Waals surface area (Å²) in [5, 5.41) is 3.06. The van der Waals surface area contributed by atoms with Crippen molar-refractivity contribution >= 4 is 17.3 Å². The number of hydrogen-bond donors (Lipinski definition) is 1. The van der Waals surface area contributed by atoms with Gasteiger partial charge >= 0.3 is 0 Å². The molecule has 4 nitrogen and oxygen atoms in total. The predicted molar refractivity (Wildman–Crippen MR) is 87.2 cm³/mol. The number of carbonyl (C=O) groups is 1. The summed E-state index contributed by atoms with van der Waals surface area (Å²) < 4.78 is 0. The van der Waals surface area contributed by atoms with Gasteiger partial charge in [0.2, 0.25) is 0 Å². The minimum absolute atomic E-state index is 0.0724. The molecule has 0 saturated heterocycles. The quantitative estimate of drug-likeness (QED) is 0.939. The topological polar surface area (TPSA) is 45.2 Å². The number of pyridine rings is 1. The second-order valence-corrected chi connectivity index (χ2v) is 5.33. The second kappa shape index (κ2) is 5.95. The van der Waals surface area contributed by atoms with Gasteiger partial charge in [-0.25, -0.2) is 0 Å². The Morgan fingerprint density at radius 1 is 1.10 bits per heavy atom. The fraction of sp³-hybridized carbons (Fsp3) is 0.294. The van der Waals surface area contributed by atoms with E-state index in [1.165, 1.54) is 0 Å². The lowest BCUT2D eigenvalue weighted by Gasteiger charge is -2.20. The molecule has 0 radical (unpaired) electrons. The van der Waals surface area contributed by atoms with Crippen LogP contribution in [0.1, 0.15) is 27.2 Å². The molecule has 0 fully saturated rings. The van der Waals surface area contributed by atoms with Gasteiger partial charge < -0.3 is 10.2 Å². The van der Waals surface area contributed by atoms with Crippen LogP contribution in [-0.4, -0.2) is 25.0 Å². The maximum atomic E-state index is 12.7. The Morgan fingerprint density at radius 2 is 1.71 bits per heavy atom. The number of carbonyl (C=O) groups excluding carboxylic acids is 1. The Hall–Kier alpha value is -2.36. The van der Waals surface area contributed by atoms with Gasteiger partial charge in [-0.3, -0.25) is 9.78 Å². The largest absolute Gasteiger partial charge is 0.387 e. The average molecular weight is 283 g/mol. The number of nitrogens with one attached hydrogen (secondary N) is 1. The summed E-state index contributed by atoms with van der Waals surface area (Å²) in [6.45, 7) is 5.96. The lowest BCUT2D eigenvalue weighted by atomic mass is 10.1. The Bertz CT molecular complexity index is 659. The number of amides is 1. The van der Waals surface area contributed by atoms with E-state index in [1.807, 2.05) is 46.0 Å². The first-order valence-corrected chi connectivity index (χ1v) is 6.93. The molecule has 0 saturated carbocycles. The summed E-state index contributed by atoms with van der Waals surface area (Å²) in [7, 11) is 3.60. The van der Waals surface area contributed by atoms with Crippen LogP contribution in [0.3, 0.4) is 0 Å². The molecule has 1 aromatic heterocycles. The SMILES string of the molecule is CNc1cc(C)ncc1C(=O)N(C)c1cc(C)cc(C)c1. The third-order valence-corrected chi connectivity index (χ3v) is 3.44. The molecule has 0 aliphatic rings. The lowest BCUT2D eigenvalue weighted by molar-refractivity contribution is 0.0993. The van der Waals surface area contributed by atoms with Crippen LogP contribution in [0.15, 0.2) is 30.5 Å². The van der Waals surface area contributed by atoms with Crippen LogP contribution in [-0.2, 0) is 0 Å². The Balaban J connectivity index is 2.39. The van der Waals surface area contributed by atoms with Crippen molar-refractivity contribution in [3.63, 3.8) is 0 Å². The molecule has 1 aromatic carbocycles. The maximum Gasteiger partial charge on any atom is 0.261 e. The van der Waals surface area contributed by atoms with E-state index in [9.17, 15) is 4.79 Å². The van der Waals surface area contributed by atoms with Crippen LogP contribution < -0.4 is 10.2 Å². The third kappa shape index (κ3) is 3.21. The predicted octanol–water partition coefficient (Wildman–Crippen LogP) is 3.33. The minimum atomic E-state index is -0.0724. The number of benzene rings is 1. The summed E-state index contributed by atoms with van der Waals surface area (Å²) in [4.78, 5) is 18.6. The molecule has 2 rings (SSSR count). The highest BCUT2D eigenvalue weighted by atomic mass is 16.2. The first kappa shape index (κ1) is 15.0. The van der Waals surface area contributed by atoms with Crippen LogP contribution in [0, 0.1) is 20.8 Å². The van der Waals surface area contributed by atoms with E-state index in [-0.39, 0.29) is 5.91 Å². The smallest absolute Gasteiger partial charge is 0.261 e. The van der Waals surface area contributed by atoms with Crippen molar-refractivity contribution in [2.24, 2.45) is 0 Å². The van der Waals surface area contributed by atoms with E-state index < -0.39 is 0 Å². The highest BCUT2D eigenvalue weighted by Crippen LogP contribution is 2.22. The zero-order chi connectivity index (χ0) is 15.6. The van der Waals surface area contributed by atoms with E-state index in [0.717, 1.165) is 28.2 Å². The zero-order valence-electron chi connectivity index (χ0n) is 13.2. The highest BCUT2D eigenvalue weighted by Gasteiger charge is 2.18. The first-order valence-electron chi connectivity index (χ1n) is 6.93. The Morgan fingerprint density at radius 3 is 2.29 bits per heavy atom. The summed E-state index contributed by atoms with van der Waals surface area (Å²) in [6.07, 6.45) is 1.63. The number of aromatic nitrogens is 1. The normalized spacial score (nSPS) is 10.3. The molecule has 1 amide bonds. The van der Waals surface area contributed by atoms with Crippen molar-refractivity contribution in [2.75, 3.05) is 24.3 Å². The van der Waals surface area contributed by atoms with Crippen molar-refractivity contribution in [3.05, 3.63) is 52.8 Å². The third-order valence-electron chi connectivity index (χ3n) is 3.44. The van der Waals surface area contributed by atoms with E-state index in [0.29, 0.717) is 5.56 Å². The number of nitrogens with zero attached hydrogens (tertiary/aromatic N) is 2. The molecule has 0 aliphatic carbocycles. The van der Waals surface area contributed by atoms with Crippen LogP contribution in [0.2, 0.25) is 0 Å². The average Bonchev–Trinajstić information content (AvgIpc) is 2.44. The van der Waals surface area contributed by atoms with E-state index in [2.05, 4.69) is 16.4 Å². The first-order chi connectivity index (χ1) is 9.92. The molecular formula is C17H21N3O. The van der Waals surface area contributed by atoms with Crippen LogP contribution >= 0.6 is 0 Å². The molecule has 21 heavy (non-hydrogen) atoms. The summed E-state index contributed by atoms with van der Waals surface area (Å²) >= 11 is 0. The summed E-state index contributed by atoms with van der Waals surface area (Å²) in [5.41, 5.74) is 5.42. The molecule has 1 heterocycles. The second-order valence-electron chi connectivity index (χ2n) is 5.33. The molecule has 2 aromatic rings. The van der Waals surface area contributed by atoms with Crippen molar-refractivity contribution < 1.29 is 4.79 Å². The summed E-state index contributed by atoms with van der Waals surface area (Å²) in [5.74, 6) is -0.0724. The van der Waals surface area contributed by atoms with Crippen molar-refractivity contribution in [2.45, 2.75) is 20.8 Å². The van der Waals surface area contributed by atoms with Gasteiger partial charge in [-0.05, 0) is 50.1 Å². The lowest BCUT2D eigenvalue weighted by Crippen LogP contribution is -2.27. The Labute approximate surface area is 125 Å². The summed E-state index contributed by atoms with van der Waals surface area (Å²) in [6, 6.07) is 7.98. The number of rotatable bonds is 3. The molecule has 1 N–H and O–H groups in total. The van der Waals surface area contributed by atoms with Crippen LogP contribution in [0.4, 0.5) is 11.4 Å². The molecule has 110 valence electrons. The standard InChI is InChI=1S/C17H21N3O/c1-11-6-12(2)8-14(7-11)20(5)17(21)15-10-19-13(3)9-16(15)18-4/h6-10H,1-5H3,(H,18,19). The number of aryl methyl sites for hydroxylation is 3. The molecular weight excluding hydrogens is 262 g/mol. The van der Waals surface area contributed by atoms with Gasteiger partial charge in [-0.15, -0.1) is 0 Å². The highest BCUT2D eigenvalue weighted by molar-refractivity contribution is 6.09. The fourth-order valence-corrected chi connectivity index (χ4v) is 2.38. The minimum Gasteiger partial charge on any atom is -0.387 e. The monoisotopic (exact) mass is 283 g/mol. The van der Waals surface area contributed by atoms with Gasteiger partial charge in [0.25, 0.3) is 5.91 Å². The van der Waals surface area contributed by atoms with Gasteiger partial charge in [0.1, 0.15) is 0 Å². The number of hydrogen-bond acceptors (Lipinski definition) is 3. The Kier molecular flexibility index (Phi) is 4.26. The van der Waals surface area contributed by atoms with Crippen LogP contribution in [0.25, 0.3) is 0 Å². The molecule has 0 spiro atoms. The van der Waals surface area contributed by atoms with E-state index in [1.54, 1.807) is 18.1 Å². The molecule has 0 aliphatic heterocycles. The van der Waals surface area contributed by atoms with E-state index in [4.69, 9.17) is 0 Å². The van der Waals surface area contributed by atoms with Crippen molar-refractivity contribution in [1.29, 1.82) is 0 Å². The zero-order valence-corrected chi connectivity index (χ0v) is 13.2. The fourth-order valence-electron chi connectivity index (χ4n) is 2.38. The van der Waals surface area contributed by atoms with Crippen molar-refractivity contribution in [1.82, 2.24) is 4.98 Å². The van der Waals surface area contributed by atoms with Gasteiger partial charge in [0, 0.05) is 31.7 Å². The molecule has 0 atom stereocenters. The van der Waals surface area contributed by atoms with Crippen LogP contribution in [0.5, 0.6) is 0 Å². The van der Waals surface area contributed by atoms with Gasteiger partial charge in [0.15, 0.2) is 0 Å². The molecule has 0 unspecified atom stereocenters. The van der Waals surface area contributed by atoms with Gasteiger partial charge in [-0.2, -0.15) is 0 Å². The molecule has 0 bridgehead atoms. The van der Waals surface area contributed by atoms with Gasteiger partial charge in [-0.1, -0.05) is 6.07 Å². The maximum absolute atomic E-state index is 12.7. The van der Waals surface area contributed by atoms with Gasteiger partial charge in [0.05, 0.1) is 11.3 Å². The number of anilines is 2. The van der Waals surface area contributed by atoms with E-state index >= 15 is 0 Å². The van der Waals surface area contributed by atoms with Crippen molar-refractivity contribution in [3.8, 4) is 0 Å².